The van der Waals surface area contributed by atoms with Crippen LogP contribution in [0.25, 0.3) is 0 Å². The van der Waals surface area contributed by atoms with Crippen molar-refractivity contribution in [2.45, 2.75) is 24.9 Å². The third-order valence-electron chi connectivity index (χ3n) is 2.18. The highest BCUT2D eigenvalue weighted by atomic mass is 19.3. The van der Waals surface area contributed by atoms with Crippen LogP contribution >= 0.6 is 0 Å². The van der Waals surface area contributed by atoms with Gasteiger partial charge in [0.1, 0.15) is 5.60 Å². The largest absolute Gasteiger partial charge is 0.371 e. The van der Waals surface area contributed by atoms with E-state index in [4.69, 9.17) is 4.74 Å². The molecule has 1 N–H and O–H groups in total. The predicted molar refractivity (Wildman–Crippen MR) is 37.8 cm³/mol. The number of rotatable bonds is 2. The van der Waals surface area contributed by atoms with Gasteiger partial charge in [0, 0.05) is 13.7 Å². The molecular formula is C7H13F2NO. The van der Waals surface area contributed by atoms with Gasteiger partial charge in [0.15, 0.2) is 0 Å². The summed E-state index contributed by atoms with van der Waals surface area (Å²) in [6, 6.07) is 0. The van der Waals surface area contributed by atoms with Crippen LogP contribution in [-0.2, 0) is 4.74 Å². The van der Waals surface area contributed by atoms with Crippen molar-refractivity contribution in [3.05, 3.63) is 0 Å². The fourth-order valence-corrected chi connectivity index (χ4v) is 1.35. The Hall–Kier alpha value is -0.220. The number of alkyl halides is 2. The molecule has 0 radical (unpaired) electrons. The van der Waals surface area contributed by atoms with Gasteiger partial charge in [-0.3, -0.25) is 0 Å². The predicted octanol–water partition coefficient (Wildman–Crippen LogP) is 1.02. The van der Waals surface area contributed by atoms with E-state index in [0.29, 0.717) is 6.42 Å². The van der Waals surface area contributed by atoms with Crippen molar-refractivity contribution in [1.29, 1.82) is 0 Å². The third kappa shape index (κ3) is 1.68. The van der Waals surface area contributed by atoms with E-state index in [1.165, 1.54) is 7.11 Å². The van der Waals surface area contributed by atoms with Gasteiger partial charge in [-0.2, -0.15) is 0 Å². The Kier molecular flexibility index (Phi) is 2.78. The van der Waals surface area contributed by atoms with Crippen molar-refractivity contribution in [2.75, 3.05) is 20.2 Å². The van der Waals surface area contributed by atoms with Crippen molar-refractivity contribution in [3.8, 4) is 0 Å². The van der Waals surface area contributed by atoms with E-state index in [9.17, 15) is 8.78 Å². The van der Waals surface area contributed by atoms with Gasteiger partial charge in [-0.05, 0) is 19.4 Å². The lowest BCUT2D eigenvalue weighted by atomic mass is 9.94. The zero-order chi connectivity index (χ0) is 8.32. The lowest BCUT2D eigenvalue weighted by molar-refractivity contribution is -0.131. The summed E-state index contributed by atoms with van der Waals surface area (Å²) in [6.45, 7) is 1.08. The zero-order valence-corrected chi connectivity index (χ0v) is 6.57. The summed E-state index contributed by atoms with van der Waals surface area (Å²) in [5.74, 6) is 0. The fourth-order valence-electron chi connectivity index (χ4n) is 1.35. The third-order valence-corrected chi connectivity index (χ3v) is 2.18. The lowest BCUT2D eigenvalue weighted by Crippen LogP contribution is -2.52. The molecule has 0 aromatic rings. The van der Waals surface area contributed by atoms with E-state index in [1.54, 1.807) is 0 Å². The number of ether oxygens (including phenoxy) is 1. The molecule has 2 nitrogen and oxygen atoms in total. The molecule has 66 valence electrons. The summed E-state index contributed by atoms with van der Waals surface area (Å²) >= 11 is 0. The van der Waals surface area contributed by atoms with Gasteiger partial charge >= 0.3 is 0 Å². The van der Waals surface area contributed by atoms with Crippen molar-refractivity contribution in [3.63, 3.8) is 0 Å². The van der Waals surface area contributed by atoms with E-state index in [1.807, 2.05) is 0 Å². The quantitative estimate of drug-likeness (QED) is 0.659. The minimum atomic E-state index is -2.39. The van der Waals surface area contributed by atoms with E-state index in [2.05, 4.69) is 5.32 Å². The molecule has 11 heavy (non-hydrogen) atoms. The summed E-state index contributed by atoms with van der Waals surface area (Å²) < 4.78 is 29.6. The smallest absolute Gasteiger partial charge is 0.268 e. The molecule has 1 aliphatic rings. The van der Waals surface area contributed by atoms with Gasteiger partial charge in [-0.1, -0.05) is 0 Å². The Morgan fingerprint density at radius 2 is 2.27 bits per heavy atom. The molecule has 0 spiro atoms. The Bertz CT molecular complexity index is 124. The Morgan fingerprint density at radius 3 is 2.55 bits per heavy atom. The molecule has 1 unspecified atom stereocenters. The molecule has 1 fully saturated rings. The second-order valence-corrected chi connectivity index (χ2v) is 2.85. The van der Waals surface area contributed by atoms with E-state index >= 15 is 0 Å². The van der Waals surface area contributed by atoms with Gasteiger partial charge in [0.2, 0.25) is 0 Å². The normalized spacial score (nSPS) is 32.7. The number of hydrogen-bond acceptors (Lipinski definition) is 2. The molecule has 0 amide bonds. The summed E-state index contributed by atoms with van der Waals surface area (Å²) in [7, 11) is 1.35. The highest BCUT2D eigenvalue weighted by Gasteiger charge is 2.41. The maximum Gasteiger partial charge on any atom is 0.268 e. The second-order valence-electron chi connectivity index (χ2n) is 2.85. The minimum absolute atomic E-state index is 0.265. The van der Waals surface area contributed by atoms with Gasteiger partial charge in [-0.15, -0.1) is 0 Å². The highest BCUT2D eigenvalue weighted by Crippen LogP contribution is 2.26. The summed E-state index contributed by atoms with van der Waals surface area (Å²) in [5, 5.41) is 2.90. The van der Waals surface area contributed by atoms with Crippen LogP contribution in [0.4, 0.5) is 8.78 Å². The molecule has 1 saturated heterocycles. The van der Waals surface area contributed by atoms with Crippen LogP contribution in [-0.4, -0.2) is 32.2 Å². The van der Waals surface area contributed by atoms with E-state index < -0.39 is 12.0 Å². The van der Waals surface area contributed by atoms with Crippen LogP contribution in [0.3, 0.4) is 0 Å². The maximum absolute atomic E-state index is 12.4. The number of hydrogen-bond donors (Lipinski definition) is 1. The molecule has 0 aromatic carbocycles. The first-order chi connectivity index (χ1) is 5.21. The van der Waals surface area contributed by atoms with Crippen LogP contribution in [0.1, 0.15) is 12.8 Å². The molecule has 1 aliphatic heterocycles. The Balaban J connectivity index is 2.57. The zero-order valence-electron chi connectivity index (χ0n) is 6.57. The first kappa shape index (κ1) is 8.87. The molecule has 0 aromatic heterocycles. The van der Waals surface area contributed by atoms with Gasteiger partial charge in [0.25, 0.3) is 6.43 Å². The van der Waals surface area contributed by atoms with Crippen LogP contribution in [0.2, 0.25) is 0 Å². The molecule has 1 atom stereocenters. The topological polar surface area (TPSA) is 21.3 Å². The highest BCUT2D eigenvalue weighted by molar-refractivity contribution is 4.89. The standard InChI is InChI=1S/C7H13F2NO/c1-11-7(6(8)9)3-2-4-10-5-7/h6,10H,2-5H2,1H3. The second kappa shape index (κ2) is 3.45. The van der Waals surface area contributed by atoms with Gasteiger partial charge in [-0.25, -0.2) is 8.78 Å². The van der Waals surface area contributed by atoms with Crippen LogP contribution < -0.4 is 5.32 Å². The van der Waals surface area contributed by atoms with Crippen molar-refractivity contribution in [2.24, 2.45) is 0 Å². The maximum atomic E-state index is 12.4. The van der Waals surface area contributed by atoms with Gasteiger partial charge < -0.3 is 10.1 Å². The number of nitrogens with one attached hydrogen (secondary N) is 1. The monoisotopic (exact) mass is 165 g/mol. The van der Waals surface area contributed by atoms with Crippen LogP contribution in [0.5, 0.6) is 0 Å². The molecule has 1 heterocycles. The Labute approximate surface area is 64.9 Å². The average molecular weight is 165 g/mol. The number of piperidine rings is 1. The molecular weight excluding hydrogens is 152 g/mol. The van der Waals surface area contributed by atoms with E-state index in [0.717, 1.165) is 13.0 Å². The molecule has 0 aliphatic carbocycles. The van der Waals surface area contributed by atoms with E-state index in [-0.39, 0.29) is 6.54 Å². The van der Waals surface area contributed by atoms with Crippen molar-refractivity contribution < 1.29 is 13.5 Å². The molecule has 1 rings (SSSR count). The first-order valence-corrected chi connectivity index (χ1v) is 3.75. The van der Waals surface area contributed by atoms with Crippen LogP contribution in [0, 0.1) is 0 Å². The summed E-state index contributed by atoms with van der Waals surface area (Å²) in [4.78, 5) is 0. The number of halogens is 2. The van der Waals surface area contributed by atoms with Crippen LogP contribution in [0.15, 0.2) is 0 Å². The summed E-state index contributed by atoms with van der Waals surface area (Å²) in [6.07, 6.45) is -1.17. The lowest BCUT2D eigenvalue weighted by Gasteiger charge is -2.35. The molecule has 0 bridgehead atoms. The van der Waals surface area contributed by atoms with Crippen molar-refractivity contribution in [1.82, 2.24) is 5.32 Å². The average Bonchev–Trinajstić information content (AvgIpc) is 2.05. The van der Waals surface area contributed by atoms with Crippen molar-refractivity contribution >= 4 is 0 Å². The Morgan fingerprint density at radius 1 is 1.55 bits per heavy atom. The number of methoxy groups -OCH3 is 1. The molecule has 4 heteroatoms. The first-order valence-electron chi connectivity index (χ1n) is 3.75. The minimum Gasteiger partial charge on any atom is -0.371 e. The SMILES string of the molecule is COC1(C(F)F)CCCNC1. The fraction of sp³-hybridized carbons (Fsp3) is 1.00. The molecule has 0 saturated carbocycles. The van der Waals surface area contributed by atoms with Gasteiger partial charge in [0.05, 0.1) is 0 Å². The summed E-state index contributed by atoms with van der Waals surface area (Å²) in [5.41, 5.74) is -1.22.